The average Bonchev–Trinajstić information content (AvgIpc) is 2.79. The van der Waals surface area contributed by atoms with Gasteiger partial charge >= 0.3 is 11.9 Å². The van der Waals surface area contributed by atoms with Gasteiger partial charge in [0.25, 0.3) is 0 Å². The normalized spacial score (nSPS) is 9.77. The molecule has 0 amide bonds. The summed E-state index contributed by atoms with van der Waals surface area (Å²) in [7, 11) is 0. The number of carbonyl (C=O) groups is 2. The fourth-order valence-corrected chi connectivity index (χ4v) is 3.59. The first-order chi connectivity index (χ1) is 16.6. The van der Waals surface area contributed by atoms with E-state index in [2.05, 4.69) is 25.3 Å². The molecule has 3 N–H and O–H groups in total. The van der Waals surface area contributed by atoms with Gasteiger partial charge in [-0.25, -0.2) is 29.5 Å². The van der Waals surface area contributed by atoms with E-state index in [0.717, 1.165) is 6.54 Å². The topological polar surface area (TPSA) is 142 Å². The Kier molecular flexibility index (Phi) is 17.0. The van der Waals surface area contributed by atoms with Crippen molar-refractivity contribution >= 4 is 52.9 Å². The molecule has 0 saturated heterocycles. The van der Waals surface area contributed by atoms with Crippen molar-refractivity contribution in [3.8, 4) is 0 Å². The van der Waals surface area contributed by atoms with Gasteiger partial charge in [-0.3, -0.25) is 0 Å². The second-order valence-electron chi connectivity index (χ2n) is 6.36. The van der Waals surface area contributed by atoms with E-state index >= 15 is 0 Å². The van der Waals surface area contributed by atoms with Crippen molar-refractivity contribution in [2.24, 2.45) is 5.73 Å². The van der Waals surface area contributed by atoms with E-state index in [4.69, 9.17) is 26.8 Å². The second-order valence-corrected chi connectivity index (χ2v) is 8.27. The fraction of sp³-hybridized carbons (Fsp3) is 0.545. The zero-order valence-electron chi connectivity index (χ0n) is 21.5. The van der Waals surface area contributed by atoms with Crippen LogP contribution in [-0.4, -0.2) is 70.7 Å². The number of rotatable bonds is 8. The monoisotopic (exact) mass is 546 g/mol. The first-order valence-corrected chi connectivity index (χ1v) is 13.8. The van der Waals surface area contributed by atoms with Crippen molar-refractivity contribution in [3.05, 3.63) is 27.7 Å². The summed E-state index contributed by atoms with van der Waals surface area (Å²) in [5.41, 5.74) is 6.69. The van der Waals surface area contributed by atoms with E-state index in [1.54, 1.807) is 27.7 Å². The molecule has 0 aliphatic rings. The number of anilines is 1. The van der Waals surface area contributed by atoms with Crippen LogP contribution in [0.25, 0.3) is 0 Å². The molecule has 35 heavy (non-hydrogen) atoms. The molecule has 0 spiro atoms. The van der Waals surface area contributed by atoms with E-state index < -0.39 is 5.97 Å². The minimum absolute atomic E-state index is 0.144. The third-order valence-corrected chi connectivity index (χ3v) is 5.13. The Morgan fingerprint density at radius 3 is 1.69 bits per heavy atom. The van der Waals surface area contributed by atoms with Crippen LogP contribution in [0.5, 0.6) is 0 Å². The fourth-order valence-electron chi connectivity index (χ4n) is 2.42. The maximum atomic E-state index is 11.8. The summed E-state index contributed by atoms with van der Waals surface area (Å²) in [6, 6.07) is 0. The van der Waals surface area contributed by atoms with Crippen LogP contribution in [0.4, 0.5) is 5.82 Å². The van der Waals surface area contributed by atoms with Gasteiger partial charge in [-0.2, -0.15) is 0 Å². The van der Waals surface area contributed by atoms with Crippen LogP contribution in [0.2, 0.25) is 5.15 Å². The lowest BCUT2D eigenvalue weighted by atomic mass is 10.2. The minimum Gasteiger partial charge on any atom is -0.462 e. The van der Waals surface area contributed by atoms with Gasteiger partial charge in [0.15, 0.2) is 10.3 Å². The lowest BCUT2D eigenvalue weighted by Gasteiger charge is -2.12. The Bertz CT molecular complexity index is 943. The highest BCUT2D eigenvalue weighted by Gasteiger charge is 2.19. The number of aryl methyl sites for hydroxylation is 2. The number of nitrogens with zero attached hydrogens (tertiary/aromatic N) is 4. The molecule has 2 aromatic heterocycles. The van der Waals surface area contributed by atoms with Crippen LogP contribution in [0.1, 0.15) is 59.8 Å². The molecular formula is C22H35ClN6O4S2. The molecule has 196 valence electrons. The van der Waals surface area contributed by atoms with E-state index in [-0.39, 0.29) is 16.7 Å². The van der Waals surface area contributed by atoms with Crippen LogP contribution in [0.3, 0.4) is 0 Å². The quantitative estimate of drug-likeness (QED) is 0.209. The smallest absolute Gasteiger partial charge is 0.343 e. The molecule has 0 aliphatic heterocycles. The van der Waals surface area contributed by atoms with Crippen LogP contribution >= 0.6 is 35.1 Å². The van der Waals surface area contributed by atoms with Crippen molar-refractivity contribution in [1.82, 2.24) is 19.9 Å². The highest BCUT2D eigenvalue weighted by Crippen LogP contribution is 2.22. The molecule has 0 saturated carbocycles. The lowest BCUT2D eigenvalue weighted by molar-refractivity contribution is 0.0515. The first kappa shape index (κ1) is 32.8. The third-order valence-electron chi connectivity index (χ3n) is 3.76. The summed E-state index contributed by atoms with van der Waals surface area (Å²) in [6.07, 6.45) is 3.74. The molecule has 0 radical (unpaired) electrons. The van der Waals surface area contributed by atoms with Crippen LogP contribution < -0.4 is 11.1 Å². The number of nitrogens with two attached hydrogens (primary N) is 1. The molecule has 0 fully saturated rings. The lowest BCUT2D eigenvalue weighted by Crippen LogP contribution is -2.15. The molecule has 0 aromatic carbocycles. The van der Waals surface area contributed by atoms with Gasteiger partial charge in [-0.1, -0.05) is 42.0 Å². The average molecular weight is 547 g/mol. The Hall–Kier alpha value is -2.15. The molecule has 10 nitrogen and oxygen atoms in total. The van der Waals surface area contributed by atoms with Gasteiger partial charge in [0, 0.05) is 6.54 Å². The molecule has 0 aliphatic carbocycles. The number of ether oxygens (including phenoxy) is 2. The highest BCUT2D eigenvalue weighted by molar-refractivity contribution is 7.98. The Balaban J connectivity index is 0.000000597. The SMILES string of the molecule is CCN.CCNc1nc(SC)nc(C)c1C(=O)OCC.CCOC(=O)c1c(C)nc(SC)nc1Cl. The van der Waals surface area contributed by atoms with Crippen molar-refractivity contribution < 1.29 is 19.1 Å². The summed E-state index contributed by atoms with van der Waals surface area (Å²) < 4.78 is 9.86. The van der Waals surface area contributed by atoms with Gasteiger partial charge in [0.05, 0.1) is 24.6 Å². The standard InChI is InChI=1S/C11H17N3O2S.C9H11ClN2O2S.C2H7N/c1-5-12-9-8(10(15)16-6-2)7(3)13-11(14-9)17-4;1-4-14-8(13)6-5(2)11-9(15-3)12-7(6)10;1-2-3/h5-6H2,1-4H3,(H,12,13,14);4H2,1-3H3;2-3H2,1H3. The summed E-state index contributed by atoms with van der Waals surface area (Å²) >= 11 is 8.69. The largest absolute Gasteiger partial charge is 0.462 e. The van der Waals surface area contributed by atoms with E-state index in [1.807, 2.05) is 26.4 Å². The summed E-state index contributed by atoms with van der Waals surface area (Å²) in [4.78, 5) is 39.9. The van der Waals surface area contributed by atoms with Crippen molar-refractivity contribution in [3.63, 3.8) is 0 Å². The Morgan fingerprint density at radius 2 is 1.29 bits per heavy atom. The molecule has 0 bridgehead atoms. The molecular weight excluding hydrogens is 512 g/mol. The number of thioether (sulfide) groups is 2. The number of hydrogen-bond acceptors (Lipinski definition) is 12. The van der Waals surface area contributed by atoms with Gasteiger partial charge in [0.2, 0.25) is 0 Å². The molecule has 2 aromatic rings. The number of halogens is 1. The summed E-state index contributed by atoms with van der Waals surface area (Å²) in [5, 5.41) is 4.40. The van der Waals surface area contributed by atoms with Gasteiger partial charge in [0.1, 0.15) is 22.1 Å². The molecule has 2 rings (SSSR count). The summed E-state index contributed by atoms with van der Waals surface area (Å²) in [5.74, 6) is -0.316. The highest BCUT2D eigenvalue weighted by atomic mass is 35.5. The predicted molar refractivity (Wildman–Crippen MR) is 143 cm³/mol. The Morgan fingerprint density at radius 1 is 0.857 bits per heavy atom. The van der Waals surface area contributed by atoms with Crippen LogP contribution in [0.15, 0.2) is 10.3 Å². The minimum atomic E-state index is -0.479. The van der Waals surface area contributed by atoms with Gasteiger partial charge in [-0.15, -0.1) is 0 Å². The van der Waals surface area contributed by atoms with Crippen LogP contribution in [-0.2, 0) is 9.47 Å². The van der Waals surface area contributed by atoms with Gasteiger partial charge in [-0.05, 0) is 53.7 Å². The molecule has 2 heterocycles. The Labute approximate surface area is 220 Å². The number of esters is 2. The number of hydrogen-bond donors (Lipinski definition) is 2. The number of aromatic nitrogens is 4. The van der Waals surface area contributed by atoms with E-state index in [9.17, 15) is 9.59 Å². The maximum absolute atomic E-state index is 11.8. The second kappa shape index (κ2) is 18.2. The van der Waals surface area contributed by atoms with Crippen molar-refractivity contribution in [1.29, 1.82) is 0 Å². The first-order valence-electron chi connectivity index (χ1n) is 10.9. The maximum Gasteiger partial charge on any atom is 0.343 e. The molecule has 0 atom stereocenters. The third kappa shape index (κ3) is 11.0. The summed E-state index contributed by atoms with van der Waals surface area (Å²) in [6.45, 7) is 12.9. The van der Waals surface area contributed by atoms with Crippen LogP contribution in [0, 0.1) is 13.8 Å². The van der Waals surface area contributed by atoms with Crippen molar-refractivity contribution in [2.45, 2.75) is 51.9 Å². The zero-order valence-corrected chi connectivity index (χ0v) is 23.9. The van der Waals surface area contributed by atoms with E-state index in [0.29, 0.717) is 52.8 Å². The van der Waals surface area contributed by atoms with E-state index in [1.165, 1.54) is 23.5 Å². The number of nitrogens with one attached hydrogen (secondary N) is 1. The molecule has 0 unspecified atom stereocenters. The molecule has 13 heteroatoms. The van der Waals surface area contributed by atoms with Crippen molar-refractivity contribution in [2.75, 3.05) is 44.1 Å². The number of carbonyl (C=O) groups excluding carboxylic acids is 2. The zero-order chi connectivity index (χ0) is 27.0. The predicted octanol–water partition coefficient (Wildman–Crippen LogP) is 4.42. The van der Waals surface area contributed by atoms with Gasteiger partial charge < -0.3 is 20.5 Å².